The predicted molar refractivity (Wildman–Crippen MR) is 67.5 cm³/mol. The van der Waals surface area contributed by atoms with Crippen molar-refractivity contribution < 1.29 is 15.0 Å². The Morgan fingerprint density at radius 1 is 1.39 bits per heavy atom. The molecule has 0 radical (unpaired) electrons. The first kappa shape index (κ1) is 12.9. The Hall–Kier alpha value is -1.59. The van der Waals surface area contributed by atoms with Crippen molar-refractivity contribution in [3.05, 3.63) is 29.8 Å². The van der Waals surface area contributed by atoms with Crippen molar-refractivity contribution in [1.82, 2.24) is 10.2 Å². The Labute approximate surface area is 106 Å². The lowest BCUT2D eigenvalue weighted by atomic mass is 9.89. The van der Waals surface area contributed by atoms with Gasteiger partial charge in [-0.25, -0.2) is 4.79 Å². The van der Waals surface area contributed by atoms with E-state index in [1.165, 1.54) is 6.07 Å². The van der Waals surface area contributed by atoms with Crippen LogP contribution in [0.1, 0.15) is 12.5 Å². The molecular weight excluding hydrogens is 232 g/mol. The van der Waals surface area contributed by atoms with Gasteiger partial charge in [-0.2, -0.15) is 0 Å². The lowest BCUT2D eigenvalue weighted by Gasteiger charge is -2.40. The number of carbonyl (C=O) groups is 1. The molecule has 1 atom stereocenters. The summed E-state index contributed by atoms with van der Waals surface area (Å²) in [6.07, 6.45) is 0. The van der Waals surface area contributed by atoms with Gasteiger partial charge in [-0.1, -0.05) is 12.1 Å². The van der Waals surface area contributed by atoms with E-state index in [1.807, 2.05) is 4.90 Å². The van der Waals surface area contributed by atoms with Crippen LogP contribution in [-0.4, -0.2) is 47.3 Å². The molecule has 0 saturated carbocycles. The van der Waals surface area contributed by atoms with Gasteiger partial charge in [0.1, 0.15) is 11.3 Å². The van der Waals surface area contributed by atoms with Crippen molar-refractivity contribution in [2.75, 3.05) is 26.2 Å². The quantitative estimate of drug-likeness (QED) is 0.732. The van der Waals surface area contributed by atoms with Crippen LogP contribution in [0.25, 0.3) is 0 Å². The molecule has 1 aromatic carbocycles. The Morgan fingerprint density at radius 2 is 2.06 bits per heavy atom. The number of phenols is 1. The van der Waals surface area contributed by atoms with Gasteiger partial charge in [0.2, 0.25) is 0 Å². The molecule has 2 rings (SSSR count). The minimum atomic E-state index is -1.10. The number of aromatic hydroxyl groups is 1. The number of carboxylic acids is 1. The maximum atomic E-state index is 11.7. The average Bonchev–Trinajstić information content (AvgIpc) is 2.38. The predicted octanol–water partition coefficient (Wildman–Crippen LogP) is 0.597. The summed E-state index contributed by atoms with van der Waals surface area (Å²) < 4.78 is 0. The molecule has 1 heterocycles. The molecule has 5 heteroatoms. The van der Waals surface area contributed by atoms with E-state index in [-0.39, 0.29) is 5.75 Å². The first-order valence-corrected chi connectivity index (χ1v) is 6.04. The SMILES string of the molecule is CC(C(=O)O)(c1cccc(O)c1)N1CCNCC1. The van der Waals surface area contributed by atoms with Crippen molar-refractivity contribution in [1.29, 1.82) is 0 Å². The largest absolute Gasteiger partial charge is 0.508 e. The lowest BCUT2D eigenvalue weighted by Crippen LogP contribution is -2.56. The number of nitrogens with zero attached hydrogens (tertiary/aromatic N) is 1. The molecule has 0 aliphatic carbocycles. The summed E-state index contributed by atoms with van der Waals surface area (Å²) in [6.45, 7) is 4.61. The third-order valence-corrected chi connectivity index (χ3v) is 3.57. The summed E-state index contributed by atoms with van der Waals surface area (Å²) in [7, 11) is 0. The van der Waals surface area contributed by atoms with Gasteiger partial charge in [-0.3, -0.25) is 4.90 Å². The summed E-state index contributed by atoms with van der Waals surface area (Å²) in [5.41, 5.74) is -0.488. The number of piperazine rings is 1. The maximum absolute atomic E-state index is 11.7. The first-order chi connectivity index (χ1) is 8.55. The molecule has 1 aliphatic rings. The number of hydrogen-bond acceptors (Lipinski definition) is 4. The van der Waals surface area contributed by atoms with E-state index in [1.54, 1.807) is 25.1 Å². The Morgan fingerprint density at radius 3 is 2.61 bits per heavy atom. The molecule has 5 nitrogen and oxygen atoms in total. The van der Waals surface area contributed by atoms with Crippen molar-refractivity contribution in [2.24, 2.45) is 0 Å². The molecule has 0 aromatic heterocycles. The third kappa shape index (κ3) is 2.19. The molecule has 3 N–H and O–H groups in total. The molecule has 0 spiro atoms. The zero-order chi connectivity index (χ0) is 13.2. The van der Waals surface area contributed by atoms with E-state index in [0.717, 1.165) is 13.1 Å². The molecule has 0 bridgehead atoms. The number of hydrogen-bond donors (Lipinski definition) is 3. The van der Waals surface area contributed by atoms with Crippen LogP contribution >= 0.6 is 0 Å². The molecule has 1 aliphatic heterocycles. The monoisotopic (exact) mass is 250 g/mol. The summed E-state index contributed by atoms with van der Waals surface area (Å²) >= 11 is 0. The van der Waals surface area contributed by atoms with Gasteiger partial charge in [0, 0.05) is 26.2 Å². The molecule has 98 valence electrons. The standard InChI is InChI=1S/C13H18N2O3/c1-13(12(17)18,15-7-5-14-6-8-15)10-3-2-4-11(16)9-10/h2-4,9,14,16H,5-8H2,1H3,(H,17,18). The minimum absolute atomic E-state index is 0.0927. The third-order valence-electron chi connectivity index (χ3n) is 3.57. The van der Waals surface area contributed by atoms with Crippen LogP contribution in [0.15, 0.2) is 24.3 Å². The first-order valence-electron chi connectivity index (χ1n) is 6.04. The average molecular weight is 250 g/mol. The van der Waals surface area contributed by atoms with E-state index in [2.05, 4.69) is 5.32 Å². The van der Waals surface area contributed by atoms with Gasteiger partial charge in [0.15, 0.2) is 0 Å². The fourth-order valence-electron chi connectivity index (χ4n) is 2.36. The Kier molecular flexibility index (Phi) is 3.54. The normalized spacial score (nSPS) is 20.3. The number of aliphatic carboxylic acids is 1. The van der Waals surface area contributed by atoms with Gasteiger partial charge in [0.25, 0.3) is 0 Å². The number of phenolic OH excluding ortho intramolecular Hbond substituents is 1. The Balaban J connectivity index is 2.39. The van der Waals surface area contributed by atoms with Crippen LogP contribution in [0, 0.1) is 0 Å². The fourth-order valence-corrected chi connectivity index (χ4v) is 2.36. The van der Waals surface area contributed by atoms with Gasteiger partial charge in [-0.15, -0.1) is 0 Å². The van der Waals surface area contributed by atoms with E-state index in [9.17, 15) is 15.0 Å². The highest BCUT2D eigenvalue weighted by Gasteiger charge is 2.41. The topological polar surface area (TPSA) is 72.8 Å². The second-order valence-corrected chi connectivity index (χ2v) is 4.66. The van der Waals surface area contributed by atoms with Crippen LogP contribution in [0.2, 0.25) is 0 Å². The van der Waals surface area contributed by atoms with E-state index in [4.69, 9.17) is 0 Å². The zero-order valence-corrected chi connectivity index (χ0v) is 10.4. The highest BCUT2D eigenvalue weighted by molar-refractivity contribution is 5.80. The summed E-state index contributed by atoms with van der Waals surface area (Å²) in [5.74, 6) is -0.801. The van der Waals surface area contributed by atoms with E-state index in [0.29, 0.717) is 18.7 Å². The molecule has 1 fully saturated rings. The minimum Gasteiger partial charge on any atom is -0.508 e. The summed E-state index contributed by atoms with van der Waals surface area (Å²) in [5, 5.41) is 22.3. The second kappa shape index (κ2) is 4.96. The van der Waals surface area contributed by atoms with Crippen LogP contribution < -0.4 is 5.32 Å². The van der Waals surface area contributed by atoms with Crippen LogP contribution in [0.3, 0.4) is 0 Å². The van der Waals surface area contributed by atoms with Gasteiger partial charge in [-0.05, 0) is 24.6 Å². The van der Waals surface area contributed by atoms with Gasteiger partial charge >= 0.3 is 5.97 Å². The van der Waals surface area contributed by atoms with Crippen LogP contribution in [0.5, 0.6) is 5.75 Å². The molecule has 1 unspecified atom stereocenters. The van der Waals surface area contributed by atoms with Gasteiger partial charge < -0.3 is 15.5 Å². The highest BCUT2D eigenvalue weighted by Crippen LogP contribution is 2.30. The van der Waals surface area contributed by atoms with E-state index >= 15 is 0 Å². The second-order valence-electron chi connectivity index (χ2n) is 4.66. The molecule has 1 saturated heterocycles. The molecule has 0 amide bonds. The number of benzene rings is 1. The highest BCUT2D eigenvalue weighted by atomic mass is 16.4. The molecule has 18 heavy (non-hydrogen) atoms. The number of carboxylic acid groups (broad SMARTS) is 1. The zero-order valence-electron chi connectivity index (χ0n) is 10.4. The molecular formula is C13H18N2O3. The van der Waals surface area contributed by atoms with Gasteiger partial charge in [0.05, 0.1) is 0 Å². The smallest absolute Gasteiger partial charge is 0.328 e. The van der Waals surface area contributed by atoms with E-state index < -0.39 is 11.5 Å². The lowest BCUT2D eigenvalue weighted by molar-refractivity contribution is -0.151. The van der Waals surface area contributed by atoms with Crippen LogP contribution in [-0.2, 0) is 10.3 Å². The van der Waals surface area contributed by atoms with Crippen molar-refractivity contribution in [2.45, 2.75) is 12.5 Å². The van der Waals surface area contributed by atoms with Crippen molar-refractivity contribution in [3.8, 4) is 5.75 Å². The van der Waals surface area contributed by atoms with Crippen LogP contribution in [0.4, 0.5) is 0 Å². The maximum Gasteiger partial charge on any atom is 0.328 e. The summed E-state index contributed by atoms with van der Waals surface area (Å²) in [6, 6.07) is 6.49. The molecule has 1 aromatic rings. The fraction of sp³-hybridized carbons (Fsp3) is 0.462. The number of rotatable bonds is 3. The Bertz CT molecular complexity index is 444. The number of nitrogens with one attached hydrogen (secondary N) is 1. The van der Waals surface area contributed by atoms with Crippen molar-refractivity contribution in [3.63, 3.8) is 0 Å². The summed E-state index contributed by atoms with van der Waals surface area (Å²) in [4.78, 5) is 13.6. The van der Waals surface area contributed by atoms with Crippen molar-refractivity contribution >= 4 is 5.97 Å².